The van der Waals surface area contributed by atoms with E-state index >= 15 is 0 Å². The summed E-state index contributed by atoms with van der Waals surface area (Å²) in [5, 5.41) is 11.2. The molecule has 2 rings (SSSR count). The van der Waals surface area contributed by atoms with E-state index in [1.165, 1.54) is 37.3 Å². The van der Waals surface area contributed by atoms with Gasteiger partial charge in [0.1, 0.15) is 6.54 Å². The third-order valence-electron chi connectivity index (χ3n) is 4.60. The van der Waals surface area contributed by atoms with Crippen molar-refractivity contribution in [2.24, 2.45) is 0 Å². The van der Waals surface area contributed by atoms with Crippen LogP contribution in [-0.2, 0) is 21.4 Å². The molecule has 2 aromatic rings. The topological polar surface area (TPSA) is 118 Å². The first kappa shape index (κ1) is 25.9. The number of alkyl halides is 3. The van der Waals surface area contributed by atoms with E-state index in [0.29, 0.717) is 9.21 Å². The molecule has 178 valence electrons. The molecule has 0 spiro atoms. The smallest absolute Gasteiger partial charge is 0.328 e. The van der Waals surface area contributed by atoms with Crippen molar-refractivity contribution in [3.05, 3.63) is 69.8 Å². The maximum Gasteiger partial charge on any atom is 0.406 e. The van der Waals surface area contributed by atoms with Crippen LogP contribution in [0.15, 0.2) is 53.4 Å². The van der Waals surface area contributed by atoms with Gasteiger partial charge in [-0.25, -0.2) is 8.42 Å². The van der Waals surface area contributed by atoms with Crippen molar-refractivity contribution < 1.29 is 36.1 Å². The zero-order valence-electron chi connectivity index (χ0n) is 17.6. The fraction of sp³-hybridized carbons (Fsp3) is 0.300. The van der Waals surface area contributed by atoms with Crippen LogP contribution in [0.5, 0.6) is 0 Å². The predicted octanol–water partition coefficient (Wildman–Crippen LogP) is 3.01. The lowest BCUT2D eigenvalue weighted by Gasteiger charge is -2.26. The molecule has 0 aliphatic rings. The summed E-state index contributed by atoms with van der Waals surface area (Å²) in [6, 6.07) is 9.85. The maximum atomic E-state index is 13.1. The lowest BCUT2D eigenvalue weighted by molar-refractivity contribution is -0.385. The van der Waals surface area contributed by atoms with Gasteiger partial charge in [0.25, 0.3) is 5.69 Å². The number of hydrogen-bond acceptors (Lipinski definition) is 6. The molecule has 0 aliphatic carbocycles. The summed E-state index contributed by atoms with van der Waals surface area (Å²) >= 11 is 0. The van der Waals surface area contributed by atoms with Crippen molar-refractivity contribution in [1.82, 2.24) is 9.21 Å². The Hall–Kier alpha value is -3.32. The minimum atomic E-state index is -4.82. The molecule has 0 heterocycles. The SMILES string of the molecule is CC(=O)c1ccc(S(=O)(=O)N(C)CC(=O)N(Cc2ccccc2[N+](=O)[O-])CC(F)(F)F)cc1. The molecule has 0 unspecified atom stereocenters. The van der Waals surface area contributed by atoms with Gasteiger partial charge in [-0.2, -0.15) is 17.5 Å². The molecule has 0 saturated heterocycles. The van der Waals surface area contributed by atoms with E-state index < -0.39 is 52.4 Å². The molecule has 2 aromatic carbocycles. The van der Waals surface area contributed by atoms with E-state index in [0.717, 1.165) is 25.2 Å². The quantitative estimate of drug-likeness (QED) is 0.305. The molecule has 0 aliphatic heterocycles. The van der Waals surface area contributed by atoms with Crippen LogP contribution in [0.3, 0.4) is 0 Å². The van der Waals surface area contributed by atoms with Gasteiger partial charge in [0.15, 0.2) is 5.78 Å². The van der Waals surface area contributed by atoms with Crippen molar-refractivity contribution >= 4 is 27.4 Å². The lowest BCUT2D eigenvalue weighted by Crippen LogP contribution is -2.44. The summed E-state index contributed by atoms with van der Waals surface area (Å²) in [7, 11) is -3.25. The number of Topliss-reactive ketones (excluding diaryl/α,β-unsaturated/α-hetero) is 1. The number of likely N-dealkylation sites (N-methyl/N-ethyl adjacent to an activating group) is 1. The Labute approximate surface area is 187 Å². The molecule has 0 atom stereocenters. The molecule has 0 fully saturated rings. The Morgan fingerprint density at radius 2 is 1.64 bits per heavy atom. The fourth-order valence-corrected chi connectivity index (χ4v) is 4.01. The van der Waals surface area contributed by atoms with Crippen LogP contribution < -0.4 is 0 Å². The Morgan fingerprint density at radius 3 is 2.15 bits per heavy atom. The number of para-hydroxylation sites is 1. The second-order valence-corrected chi connectivity index (χ2v) is 9.14. The fourth-order valence-electron chi connectivity index (χ4n) is 2.89. The number of nitrogens with zero attached hydrogens (tertiary/aromatic N) is 3. The number of carbonyl (C=O) groups excluding carboxylic acids is 2. The summed E-state index contributed by atoms with van der Waals surface area (Å²) in [5.41, 5.74) is -0.345. The number of ketones is 1. The highest BCUT2D eigenvalue weighted by molar-refractivity contribution is 7.89. The number of benzene rings is 2. The van der Waals surface area contributed by atoms with Crippen molar-refractivity contribution in [2.75, 3.05) is 20.1 Å². The number of nitro benzene ring substituents is 1. The van der Waals surface area contributed by atoms with E-state index in [-0.39, 0.29) is 21.8 Å². The molecule has 9 nitrogen and oxygen atoms in total. The van der Waals surface area contributed by atoms with Gasteiger partial charge in [-0.15, -0.1) is 0 Å². The number of hydrogen-bond donors (Lipinski definition) is 0. The molecule has 0 aromatic heterocycles. The molecule has 13 heteroatoms. The highest BCUT2D eigenvalue weighted by Crippen LogP contribution is 2.24. The van der Waals surface area contributed by atoms with Crippen molar-refractivity contribution in [2.45, 2.75) is 24.5 Å². The number of halogens is 3. The average Bonchev–Trinajstić information content (AvgIpc) is 2.72. The van der Waals surface area contributed by atoms with Gasteiger partial charge in [-0.05, 0) is 19.1 Å². The Morgan fingerprint density at radius 1 is 1.06 bits per heavy atom. The second kappa shape index (κ2) is 10.1. The molecule has 0 radical (unpaired) electrons. The second-order valence-electron chi connectivity index (χ2n) is 7.09. The summed E-state index contributed by atoms with van der Waals surface area (Å²) in [5.74, 6) is -1.49. The van der Waals surface area contributed by atoms with Crippen LogP contribution in [0.4, 0.5) is 18.9 Å². The zero-order chi connectivity index (χ0) is 25.0. The van der Waals surface area contributed by atoms with Crippen LogP contribution in [-0.4, -0.2) is 60.6 Å². The standard InChI is InChI=1S/C20H20F3N3O6S/c1-14(27)15-7-9-17(10-8-15)33(31,32)24(2)12-19(28)25(13-20(21,22)23)11-16-5-3-4-6-18(16)26(29)30/h3-10H,11-13H2,1-2H3. The number of sulfonamides is 1. The van der Waals surface area contributed by atoms with Gasteiger partial charge >= 0.3 is 6.18 Å². The van der Waals surface area contributed by atoms with E-state index in [2.05, 4.69) is 0 Å². The number of carbonyl (C=O) groups is 2. The Balaban J connectivity index is 2.27. The molecule has 0 saturated carbocycles. The third-order valence-corrected chi connectivity index (χ3v) is 6.42. The van der Waals surface area contributed by atoms with Crippen molar-refractivity contribution in [3.8, 4) is 0 Å². The first-order chi connectivity index (χ1) is 15.2. The van der Waals surface area contributed by atoms with E-state index in [1.54, 1.807) is 0 Å². The summed E-state index contributed by atoms with van der Waals surface area (Å²) in [6.45, 7) is -2.11. The van der Waals surface area contributed by atoms with Crippen LogP contribution in [0.1, 0.15) is 22.8 Å². The molecule has 0 N–H and O–H groups in total. The van der Waals surface area contributed by atoms with Gasteiger partial charge in [0.05, 0.1) is 22.9 Å². The highest BCUT2D eigenvalue weighted by atomic mass is 32.2. The first-order valence-corrected chi connectivity index (χ1v) is 10.8. The van der Waals surface area contributed by atoms with Crippen molar-refractivity contribution in [3.63, 3.8) is 0 Å². The predicted molar refractivity (Wildman–Crippen MR) is 111 cm³/mol. The average molecular weight is 487 g/mol. The van der Waals surface area contributed by atoms with Gasteiger partial charge in [0, 0.05) is 24.2 Å². The van der Waals surface area contributed by atoms with Gasteiger partial charge < -0.3 is 4.90 Å². The largest absolute Gasteiger partial charge is 0.406 e. The van der Waals surface area contributed by atoms with Crippen LogP contribution in [0.2, 0.25) is 0 Å². The van der Waals surface area contributed by atoms with Gasteiger partial charge in [0.2, 0.25) is 15.9 Å². The van der Waals surface area contributed by atoms with Crippen LogP contribution in [0, 0.1) is 10.1 Å². The molecule has 0 bridgehead atoms. The highest BCUT2D eigenvalue weighted by Gasteiger charge is 2.35. The minimum absolute atomic E-state index is 0.134. The third kappa shape index (κ3) is 6.83. The zero-order valence-corrected chi connectivity index (χ0v) is 18.4. The summed E-state index contributed by atoms with van der Waals surface area (Å²) < 4.78 is 65.2. The van der Waals surface area contributed by atoms with Crippen LogP contribution >= 0.6 is 0 Å². The summed E-state index contributed by atoms with van der Waals surface area (Å²) in [4.78, 5) is 34.4. The lowest BCUT2D eigenvalue weighted by atomic mass is 10.1. The molecular formula is C20H20F3N3O6S. The van der Waals surface area contributed by atoms with Gasteiger partial charge in [-0.3, -0.25) is 19.7 Å². The first-order valence-electron chi connectivity index (χ1n) is 9.36. The van der Waals surface area contributed by atoms with E-state index in [9.17, 15) is 41.3 Å². The Kier molecular flexibility index (Phi) is 7.93. The molecular weight excluding hydrogens is 467 g/mol. The van der Waals surface area contributed by atoms with E-state index in [1.807, 2.05) is 0 Å². The Bertz CT molecular complexity index is 1150. The molecule has 1 amide bonds. The summed E-state index contributed by atoms with van der Waals surface area (Å²) in [6.07, 6.45) is -4.82. The molecule has 33 heavy (non-hydrogen) atoms. The number of amides is 1. The van der Waals surface area contributed by atoms with Crippen molar-refractivity contribution in [1.29, 1.82) is 0 Å². The minimum Gasteiger partial charge on any atom is -0.328 e. The van der Waals surface area contributed by atoms with Gasteiger partial charge in [-0.1, -0.05) is 30.3 Å². The maximum absolute atomic E-state index is 13.1. The number of nitro groups is 1. The monoisotopic (exact) mass is 487 g/mol. The van der Waals surface area contributed by atoms with E-state index in [4.69, 9.17) is 0 Å². The number of rotatable bonds is 9. The van der Waals surface area contributed by atoms with Crippen LogP contribution in [0.25, 0.3) is 0 Å². The normalized spacial score (nSPS) is 11.9.